The fourth-order valence-corrected chi connectivity index (χ4v) is 4.47. The van der Waals surface area contributed by atoms with E-state index in [4.69, 9.17) is 4.42 Å². The fourth-order valence-electron chi connectivity index (χ4n) is 4.47. The van der Waals surface area contributed by atoms with E-state index in [1.807, 2.05) is 12.1 Å². The lowest BCUT2D eigenvalue weighted by Crippen LogP contribution is -2.50. The third kappa shape index (κ3) is 4.35. The van der Waals surface area contributed by atoms with Crippen LogP contribution in [-0.2, 0) is 16.1 Å². The molecule has 0 radical (unpaired) electrons. The molecule has 4 rings (SSSR count). The maximum atomic E-state index is 12.7. The SMILES string of the molecule is CN1C(CCC(=O)NCc2ccco2)CNC(=O)C2C1CCN2CC1CC1. The largest absolute Gasteiger partial charge is 0.467 e. The summed E-state index contributed by atoms with van der Waals surface area (Å²) >= 11 is 0. The molecular weight excluding hydrogens is 344 g/mol. The molecule has 27 heavy (non-hydrogen) atoms. The maximum absolute atomic E-state index is 12.7. The van der Waals surface area contributed by atoms with Crippen molar-refractivity contribution in [1.82, 2.24) is 20.4 Å². The van der Waals surface area contributed by atoms with Gasteiger partial charge in [0, 0.05) is 38.1 Å². The molecule has 7 nitrogen and oxygen atoms in total. The predicted octanol–water partition coefficient (Wildman–Crippen LogP) is 0.959. The summed E-state index contributed by atoms with van der Waals surface area (Å²) in [6, 6.07) is 4.08. The Labute approximate surface area is 160 Å². The van der Waals surface area contributed by atoms with Crippen LogP contribution in [0.1, 0.15) is 37.9 Å². The molecule has 0 aromatic carbocycles. The van der Waals surface area contributed by atoms with Gasteiger partial charge in [-0.05, 0) is 50.8 Å². The molecule has 1 aromatic rings. The molecule has 3 unspecified atom stereocenters. The number of rotatable bonds is 7. The number of carbonyl (C=O) groups is 2. The van der Waals surface area contributed by atoms with Crippen LogP contribution in [0.15, 0.2) is 22.8 Å². The van der Waals surface area contributed by atoms with E-state index in [1.54, 1.807) is 6.26 Å². The van der Waals surface area contributed by atoms with Crippen molar-refractivity contribution in [2.45, 2.75) is 56.8 Å². The van der Waals surface area contributed by atoms with E-state index in [9.17, 15) is 9.59 Å². The average Bonchev–Trinajstić information content (AvgIpc) is 3.18. The summed E-state index contributed by atoms with van der Waals surface area (Å²) in [5.74, 6) is 1.73. The lowest BCUT2D eigenvalue weighted by molar-refractivity contribution is -0.126. The third-order valence-corrected chi connectivity index (χ3v) is 6.28. The number of nitrogens with one attached hydrogen (secondary N) is 2. The summed E-state index contributed by atoms with van der Waals surface area (Å²) < 4.78 is 5.24. The summed E-state index contributed by atoms with van der Waals surface area (Å²) in [4.78, 5) is 29.6. The van der Waals surface area contributed by atoms with Crippen LogP contribution in [0.2, 0.25) is 0 Å². The quantitative estimate of drug-likeness (QED) is 0.743. The molecular formula is C20H30N4O3. The average molecular weight is 374 g/mol. The molecule has 1 aromatic heterocycles. The van der Waals surface area contributed by atoms with Crippen LogP contribution in [0.3, 0.4) is 0 Å². The first kappa shape index (κ1) is 18.5. The summed E-state index contributed by atoms with van der Waals surface area (Å²) in [6.07, 6.45) is 6.45. The van der Waals surface area contributed by atoms with Crippen LogP contribution in [0.25, 0.3) is 0 Å². The number of likely N-dealkylation sites (tertiary alicyclic amines) is 1. The molecule has 3 aliphatic rings. The van der Waals surface area contributed by atoms with E-state index in [-0.39, 0.29) is 29.9 Å². The van der Waals surface area contributed by atoms with Gasteiger partial charge in [-0.1, -0.05) is 0 Å². The van der Waals surface area contributed by atoms with Gasteiger partial charge in [0.25, 0.3) is 0 Å². The van der Waals surface area contributed by atoms with Crippen LogP contribution < -0.4 is 10.6 Å². The van der Waals surface area contributed by atoms with Crippen LogP contribution in [0.5, 0.6) is 0 Å². The molecule has 148 valence electrons. The molecule has 0 spiro atoms. The smallest absolute Gasteiger partial charge is 0.239 e. The predicted molar refractivity (Wildman–Crippen MR) is 101 cm³/mol. The van der Waals surface area contributed by atoms with Crippen molar-refractivity contribution >= 4 is 11.8 Å². The molecule has 1 aliphatic carbocycles. The van der Waals surface area contributed by atoms with Crippen molar-refractivity contribution < 1.29 is 14.0 Å². The second kappa shape index (κ2) is 8.02. The lowest BCUT2D eigenvalue weighted by Gasteiger charge is -2.33. The van der Waals surface area contributed by atoms with E-state index in [0.717, 1.165) is 37.6 Å². The van der Waals surface area contributed by atoms with Crippen molar-refractivity contribution in [3.05, 3.63) is 24.2 Å². The first-order valence-corrected chi connectivity index (χ1v) is 10.1. The summed E-state index contributed by atoms with van der Waals surface area (Å²) in [7, 11) is 2.12. The Morgan fingerprint density at radius 1 is 1.37 bits per heavy atom. The molecule has 2 saturated heterocycles. The van der Waals surface area contributed by atoms with Crippen molar-refractivity contribution in [2.75, 3.05) is 26.7 Å². The molecule has 2 N–H and O–H groups in total. The Morgan fingerprint density at radius 3 is 2.96 bits per heavy atom. The molecule has 0 bridgehead atoms. The fraction of sp³-hybridized carbons (Fsp3) is 0.700. The molecule has 2 amide bonds. The molecule has 3 fully saturated rings. The molecule has 3 atom stereocenters. The van der Waals surface area contributed by atoms with Gasteiger partial charge in [0.05, 0.1) is 12.8 Å². The molecule has 3 heterocycles. The summed E-state index contributed by atoms with van der Waals surface area (Å²) in [5.41, 5.74) is 0. The van der Waals surface area contributed by atoms with Crippen LogP contribution >= 0.6 is 0 Å². The van der Waals surface area contributed by atoms with Gasteiger partial charge in [-0.15, -0.1) is 0 Å². The minimum atomic E-state index is -0.0339. The van der Waals surface area contributed by atoms with Gasteiger partial charge in [-0.3, -0.25) is 19.4 Å². The van der Waals surface area contributed by atoms with Crippen LogP contribution in [0.4, 0.5) is 0 Å². The second-order valence-electron chi connectivity index (χ2n) is 8.20. The molecule has 2 aliphatic heterocycles. The molecule has 1 saturated carbocycles. The maximum Gasteiger partial charge on any atom is 0.239 e. The monoisotopic (exact) mass is 374 g/mol. The number of hydrogen-bond donors (Lipinski definition) is 2. The zero-order valence-corrected chi connectivity index (χ0v) is 16.0. The Balaban J connectivity index is 1.30. The topological polar surface area (TPSA) is 77.8 Å². The zero-order chi connectivity index (χ0) is 18.8. The van der Waals surface area contributed by atoms with Crippen molar-refractivity contribution in [2.24, 2.45) is 5.92 Å². The number of nitrogens with zero attached hydrogens (tertiary/aromatic N) is 2. The first-order valence-electron chi connectivity index (χ1n) is 10.1. The number of fused-ring (bicyclic) bond motifs is 1. The van der Waals surface area contributed by atoms with E-state index in [1.165, 1.54) is 12.8 Å². The standard InChI is InChI=1S/C20H30N4O3/c1-23-15(6-7-18(25)21-12-16-3-2-10-27-16)11-22-20(26)19-17(23)8-9-24(19)13-14-4-5-14/h2-3,10,14-15,17,19H,4-9,11-13H2,1H3,(H,21,25)(H,22,26). The van der Waals surface area contributed by atoms with Crippen LogP contribution in [0, 0.1) is 5.92 Å². The van der Waals surface area contributed by atoms with E-state index in [0.29, 0.717) is 19.5 Å². The van der Waals surface area contributed by atoms with E-state index in [2.05, 4.69) is 27.5 Å². The van der Waals surface area contributed by atoms with Crippen LogP contribution in [-0.4, -0.2) is 66.4 Å². The van der Waals surface area contributed by atoms with Gasteiger partial charge < -0.3 is 15.1 Å². The van der Waals surface area contributed by atoms with E-state index >= 15 is 0 Å². The van der Waals surface area contributed by atoms with Gasteiger partial charge >= 0.3 is 0 Å². The minimum Gasteiger partial charge on any atom is -0.467 e. The van der Waals surface area contributed by atoms with Gasteiger partial charge in [0.15, 0.2) is 0 Å². The first-order chi connectivity index (χ1) is 13.1. The number of hydrogen-bond acceptors (Lipinski definition) is 5. The number of furan rings is 1. The van der Waals surface area contributed by atoms with E-state index < -0.39 is 0 Å². The van der Waals surface area contributed by atoms with Crippen molar-refractivity contribution in [3.63, 3.8) is 0 Å². The van der Waals surface area contributed by atoms with Crippen molar-refractivity contribution in [3.8, 4) is 0 Å². The number of carbonyl (C=O) groups excluding carboxylic acids is 2. The summed E-state index contributed by atoms with van der Waals surface area (Å²) in [6.45, 7) is 3.09. The highest BCUT2D eigenvalue weighted by molar-refractivity contribution is 5.83. The Morgan fingerprint density at radius 2 is 2.22 bits per heavy atom. The van der Waals surface area contributed by atoms with Crippen molar-refractivity contribution in [1.29, 1.82) is 0 Å². The minimum absolute atomic E-state index is 0.0219. The highest BCUT2D eigenvalue weighted by Gasteiger charge is 2.46. The summed E-state index contributed by atoms with van der Waals surface area (Å²) in [5, 5.41) is 6.03. The van der Waals surface area contributed by atoms with Gasteiger partial charge in [-0.2, -0.15) is 0 Å². The highest BCUT2D eigenvalue weighted by atomic mass is 16.3. The Bertz CT molecular complexity index is 658. The second-order valence-corrected chi connectivity index (χ2v) is 8.20. The van der Waals surface area contributed by atoms with Gasteiger partial charge in [0.1, 0.15) is 11.8 Å². The van der Waals surface area contributed by atoms with Gasteiger partial charge in [0.2, 0.25) is 11.8 Å². The normalized spacial score (nSPS) is 29.2. The Kier molecular flexibility index (Phi) is 5.50. The van der Waals surface area contributed by atoms with Gasteiger partial charge in [-0.25, -0.2) is 0 Å². The highest BCUT2D eigenvalue weighted by Crippen LogP contribution is 2.34. The third-order valence-electron chi connectivity index (χ3n) is 6.28. The Hall–Kier alpha value is -1.86. The lowest BCUT2D eigenvalue weighted by atomic mass is 10.0. The molecule has 7 heteroatoms. The number of likely N-dealkylation sites (N-methyl/N-ethyl adjacent to an activating group) is 1. The number of amides is 2. The zero-order valence-electron chi connectivity index (χ0n) is 16.0.